The Morgan fingerprint density at radius 3 is 2.36 bits per heavy atom. The molecule has 2 amide bonds. The summed E-state index contributed by atoms with van der Waals surface area (Å²) in [5.41, 5.74) is 1.20. The van der Waals surface area contributed by atoms with Gasteiger partial charge in [0.25, 0.3) is 0 Å². The number of anilines is 1. The van der Waals surface area contributed by atoms with Crippen molar-refractivity contribution in [1.29, 1.82) is 5.26 Å². The van der Waals surface area contributed by atoms with Crippen molar-refractivity contribution in [1.82, 2.24) is 4.90 Å². The minimum Gasteiger partial charge on any atom is -0.342 e. The van der Waals surface area contributed by atoms with Crippen LogP contribution in [0.25, 0.3) is 0 Å². The van der Waals surface area contributed by atoms with Crippen molar-refractivity contribution >= 4 is 17.5 Å². The molecule has 22 heavy (non-hydrogen) atoms. The largest absolute Gasteiger partial charge is 0.342 e. The zero-order chi connectivity index (χ0) is 16.5. The van der Waals surface area contributed by atoms with Crippen LogP contribution in [-0.2, 0) is 9.59 Å². The summed E-state index contributed by atoms with van der Waals surface area (Å²) in [6.45, 7) is 6.84. The molecule has 1 rings (SSSR count). The van der Waals surface area contributed by atoms with Crippen molar-refractivity contribution in [3.63, 3.8) is 0 Å². The van der Waals surface area contributed by atoms with E-state index < -0.39 is 0 Å². The fraction of sp³-hybridized carbons (Fsp3) is 0.471. The van der Waals surface area contributed by atoms with E-state index >= 15 is 0 Å². The van der Waals surface area contributed by atoms with Gasteiger partial charge >= 0.3 is 0 Å². The van der Waals surface area contributed by atoms with E-state index in [0.29, 0.717) is 30.3 Å². The first-order chi connectivity index (χ1) is 10.4. The number of nitrogens with one attached hydrogen (secondary N) is 1. The second-order valence-electron chi connectivity index (χ2n) is 5.68. The molecule has 0 aliphatic carbocycles. The van der Waals surface area contributed by atoms with Crippen LogP contribution in [-0.4, -0.2) is 29.8 Å². The molecule has 0 bridgehead atoms. The average molecular weight is 301 g/mol. The highest BCUT2D eigenvalue weighted by Crippen LogP contribution is 2.09. The molecule has 0 saturated carbocycles. The minimum absolute atomic E-state index is 0.00757. The van der Waals surface area contributed by atoms with Crippen LogP contribution in [0.1, 0.15) is 39.2 Å². The molecule has 1 aromatic carbocycles. The topological polar surface area (TPSA) is 73.2 Å². The van der Waals surface area contributed by atoms with Crippen molar-refractivity contribution in [3.05, 3.63) is 29.8 Å². The molecule has 5 nitrogen and oxygen atoms in total. The molecule has 0 radical (unpaired) electrons. The summed E-state index contributed by atoms with van der Waals surface area (Å²) in [5, 5.41) is 11.5. The molecule has 5 heteroatoms. The van der Waals surface area contributed by atoms with E-state index in [0.717, 1.165) is 6.42 Å². The zero-order valence-electron chi connectivity index (χ0n) is 13.4. The van der Waals surface area contributed by atoms with E-state index in [1.54, 1.807) is 29.2 Å². The predicted octanol–water partition coefficient (Wildman–Crippen LogP) is 2.78. The summed E-state index contributed by atoms with van der Waals surface area (Å²) >= 11 is 0. The highest BCUT2D eigenvalue weighted by Gasteiger charge is 2.11. The van der Waals surface area contributed by atoms with Gasteiger partial charge in [0.05, 0.1) is 11.6 Å². The van der Waals surface area contributed by atoms with Gasteiger partial charge in [-0.3, -0.25) is 9.59 Å². The Morgan fingerprint density at radius 2 is 1.86 bits per heavy atom. The number of carbonyl (C=O) groups is 2. The number of nitrogens with zero attached hydrogens (tertiary/aromatic N) is 2. The summed E-state index contributed by atoms with van der Waals surface area (Å²) in [7, 11) is 0. The maximum Gasteiger partial charge on any atom is 0.226 e. The zero-order valence-corrected chi connectivity index (χ0v) is 13.4. The second kappa shape index (κ2) is 8.83. The molecule has 1 N–H and O–H groups in total. The molecule has 0 aliphatic rings. The average Bonchev–Trinajstić information content (AvgIpc) is 2.47. The van der Waals surface area contributed by atoms with E-state index in [9.17, 15) is 9.59 Å². The smallest absolute Gasteiger partial charge is 0.226 e. The van der Waals surface area contributed by atoms with Crippen LogP contribution >= 0.6 is 0 Å². The molecule has 0 atom stereocenters. The molecular weight excluding hydrogens is 278 g/mol. The lowest BCUT2D eigenvalue weighted by Gasteiger charge is -2.21. The predicted molar refractivity (Wildman–Crippen MR) is 86.1 cm³/mol. The summed E-state index contributed by atoms with van der Waals surface area (Å²) < 4.78 is 0. The van der Waals surface area contributed by atoms with Crippen molar-refractivity contribution < 1.29 is 9.59 Å². The number of carbonyl (C=O) groups excluding carboxylic acids is 2. The van der Waals surface area contributed by atoms with Gasteiger partial charge in [0, 0.05) is 32.1 Å². The second-order valence-corrected chi connectivity index (χ2v) is 5.68. The van der Waals surface area contributed by atoms with E-state index in [1.165, 1.54) is 6.92 Å². The standard InChI is InChI=1S/C17H23N3O2/c1-13(2)8-10-20(14(3)21)11-9-17(22)19-16-6-4-15(12-18)5-7-16/h4-7,13H,8-11H2,1-3H3,(H,19,22). The Kier molecular flexibility index (Phi) is 7.11. The number of amides is 2. The molecule has 118 valence electrons. The summed E-state index contributed by atoms with van der Waals surface area (Å²) in [6, 6.07) is 8.72. The summed E-state index contributed by atoms with van der Waals surface area (Å²) in [4.78, 5) is 25.2. The first-order valence-electron chi connectivity index (χ1n) is 7.48. The number of rotatable bonds is 7. The third-order valence-corrected chi connectivity index (χ3v) is 3.33. The molecule has 1 aromatic rings. The Labute approximate surface area is 131 Å². The van der Waals surface area contributed by atoms with Crippen LogP contribution in [0.2, 0.25) is 0 Å². The molecule has 0 fully saturated rings. The molecule has 0 heterocycles. The molecule has 0 aromatic heterocycles. The van der Waals surface area contributed by atoms with Crippen molar-refractivity contribution in [2.75, 3.05) is 18.4 Å². The van der Waals surface area contributed by atoms with E-state index in [2.05, 4.69) is 19.2 Å². The quantitative estimate of drug-likeness (QED) is 0.841. The number of nitriles is 1. The first kappa shape index (κ1) is 17.7. The molecule has 0 aliphatic heterocycles. The van der Waals surface area contributed by atoms with E-state index in [4.69, 9.17) is 5.26 Å². The monoisotopic (exact) mass is 301 g/mol. The third-order valence-electron chi connectivity index (χ3n) is 3.33. The van der Waals surface area contributed by atoms with E-state index in [1.807, 2.05) is 6.07 Å². The molecule has 0 spiro atoms. The SMILES string of the molecule is CC(=O)N(CCC(=O)Nc1ccc(C#N)cc1)CCC(C)C. The highest BCUT2D eigenvalue weighted by atomic mass is 16.2. The third kappa shape index (κ3) is 6.40. The Bertz CT molecular complexity index is 544. The van der Waals surface area contributed by atoms with Gasteiger partial charge in [-0.05, 0) is 36.6 Å². The highest BCUT2D eigenvalue weighted by molar-refractivity contribution is 5.91. The van der Waals surface area contributed by atoms with Gasteiger partial charge in [-0.15, -0.1) is 0 Å². The normalized spacial score (nSPS) is 10.1. The van der Waals surface area contributed by atoms with Crippen LogP contribution in [0.3, 0.4) is 0 Å². The van der Waals surface area contributed by atoms with Gasteiger partial charge in [-0.2, -0.15) is 5.26 Å². The van der Waals surface area contributed by atoms with Crippen LogP contribution in [0.5, 0.6) is 0 Å². The van der Waals surface area contributed by atoms with Crippen molar-refractivity contribution in [3.8, 4) is 6.07 Å². The number of hydrogen-bond donors (Lipinski definition) is 1. The van der Waals surface area contributed by atoms with Crippen LogP contribution in [0, 0.1) is 17.2 Å². The van der Waals surface area contributed by atoms with Gasteiger partial charge in [-0.25, -0.2) is 0 Å². The Morgan fingerprint density at radius 1 is 1.23 bits per heavy atom. The Balaban J connectivity index is 2.45. The minimum atomic E-state index is -0.138. The molecule has 0 unspecified atom stereocenters. The fourth-order valence-corrected chi connectivity index (χ4v) is 1.93. The molecular formula is C17H23N3O2. The lowest BCUT2D eigenvalue weighted by molar-refractivity contribution is -0.129. The van der Waals surface area contributed by atoms with Crippen LogP contribution < -0.4 is 5.32 Å². The Hall–Kier alpha value is -2.35. The van der Waals surface area contributed by atoms with Gasteiger partial charge in [-0.1, -0.05) is 13.8 Å². The number of benzene rings is 1. The lowest BCUT2D eigenvalue weighted by Crippen LogP contribution is -2.33. The maximum absolute atomic E-state index is 11.9. The summed E-state index contributed by atoms with van der Waals surface area (Å²) in [5.74, 6) is 0.377. The number of hydrogen-bond acceptors (Lipinski definition) is 3. The molecule has 0 saturated heterocycles. The van der Waals surface area contributed by atoms with Crippen LogP contribution in [0.15, 0.2) is 24.3 Å². The fourth-order valence-electron chi connectivity index (χ4n) is 1.93. The van der Waals surface area contributed by atoms with Gasteiger partial charge < -0.3 is 10.2 Å². The van der Waals surface area contributed by atoms with Gasteiger partial charge in [0.15, 0.2) is 0 Å². The van der Waals surface area contributed by atoms with Crippen molar-refractivity contribution in [2.45, 2.75) is 33.6 Å². The van der Waals surface area contributed by atoms with Gasteiger partial charge in [0.2, 0.25) is 11.8 Å². The lowest BCUT2D eigenvalue weighted by atomic mass is 10.1. The summed E-state index contributed by atoms with van der Waals surface area (Å²) in [6.07, 6.45) is 1.19. The van der Waals surface area contributed by atoms with Crippen molar-refractivity contribution in [2.24, 2.45) is 5.92 Å². The van der Waals surface area contributed by atoms with Crippen LogP contribution in [0.4, 0.5) is 5.69 Å². The maximum atomic E-state index is 11.9. The van der Waals surface area contributed by atoms with Gasteiger partial charge in [0.1, 0.15) is 0 Å². The first-order valence-corrected chi connectivity index (χ1v) is 7.48. The van der Waals surface area contributed by atoms with E-state index in [-0.39, 0.29) is 18.2 Å².